The number of fused-ring (bicyclic) bond motifs is 6. The van der Waals surface area contributed by atoms with Crippen LogP contribution in [0.2, 0.25) is 0 Å². The van der Waals surface area contributed by atoms with E-state index in [1.54, 1.807) is 0 Å². The first-order valence-corrected chi connectivity index (χ1v) is 20.4. The van der Waals surface area contributed by atoms with Gasteiger partial charge in [-0.1, -0.05) is 208 Å². The van der Waals surface area contributed by atoms with Crippen molar-refractivity contribution in [1.29, 1.82) is 0 Å². The molecule has 0 N–H and O–H groups in total. The van der Waals surface area contributed by atoms with Crippen LogP contribution in [0, 0.1) is 0 Å². The van der Waals surface area contributed by atoms with E-state index in [1.807, 2.05) is 18.2 Å². The van der Waals surface area contributed by atoms with Crippen LogP contribution in [0.25, 0.3) is 100.0 Å². The Morgan fingerprint density at radius 2 is 0.814 bits per heavy atom. The van der Waals surface area contributed by atoms with Crippen LogP contribution < -0.4 is 0 Å². The van der Waals surface area contributed by atoms with Crippen molar-refractivity contribution >= 4 is 21.5 Å². The molecule has 11 rings (SSSR count). The molecule has 0 radical (unpaired) electrons. The fraction of sp³-hybridized carbons (Fsp3) is 0.0526. The average Bonchev–Trinajstić information content (AvgIpc) is 3.54. The maximum absolute atomic E-state index is 5.26. The summed E-state index contributed by atoms with van der Waals surface area (Å²) in [5.74, 6) is 0.707. The maximum Gasteiger partial charge on any atom is 0.160 e. The van der Waals surface area contributed by atoms with Crippen LogP contribution in [0.3, 0.4) is 0 Å². The van der Waals surface area contributed by atoms with Crippen molar-refractivity contribution in [2.45, 2.75) is 19.3 Å². The Kier molecular flexibility index (Phi) is 8.20. The minimum atomic E-state index is -0.0746. The smallest absolute Gasteiger partial charge is 0.160 e. The average molecular weight is 753 g/mol. The van der Waals surface area contributed by atoms with Gasteiger partial charge in [0.1, 0.15) is 0 Å². The lowest BCUT2D eigenvalue weighted by Crippen LogP contribution is -2.14. The fourth-order valence-electron chi connectivity index (χ4n) is 9.23. The highest BCUT2D eigenvalue weighted by Gasteiger charge is 2.36. The summed E-state index contributed by atoms with van der Waals surface area (Å²) in [5.41, 5.74) is 17.5. The molecule has 9 aromatic carbocycles. The molecule has 0 amide bonds. The molecule has 1 aromatic heterocycles. The van der Waals surface area contributed by atoms with E-state index in [0.717, 1.165) is 33.5 Å². The first kappa shape index (κ1) is 34.8. The lowest BCUT2D eigenvalue weighted by molar-refractivity contribution is 0.661. The Morgan fingerprint density at radius 3 is 1.49 bits per heavy atom. The lowest BCUT2D eigenvalue weighted by atomic mass is 9.81. The van der Waals surface area contributed by atoms with Crippen LogP contribution in [-0.2, 0) is 5.41 Å². The Morgan fingerprint density at radius 1 is 0.322 bits per heavy atom. The highest BCUT2D eigenvalue weighted by Crippen LogP contribution is 2.52. The zero-order chi connectivity index (χ0) is 39.5. The van der Waals surface area contributed by atoms with Gasteiger partial charge in [-0.15, -0.1) is 0 Å². The van der Waals surface area contributed by atoms with Crippen LogP contribution in [0.15, 0.2) is 206 Å². The number of aromatic nitrogens is 2. The third kappa shape index (κ3) is 5.96. The largest absolute Gasteiger partial charge is 0.228 e. The van der Waals surface area contributed by atoms with Gasteiger partial charge < -0.3 is 0 Å². The first-order valence-electron chi connectivity index (χ1n) is 20.4. The standard InChI is InChI=1S/C57H40N2/c1-57(2)51-33-30-44(35-50(51)55-46-18-10-9-15-41(46)29-34-52(55)57)45-31-32-49(48-20-12-11-19-47(45)48)54-36-53(58-56(59-54)43-16-7-4-8-17-43)42-27-25-40(26-28-42)39-23-21-38(22-24-39)37-13-5-3-6-14-37/h3-36H,1-2H3. The molecule has 0 unspecified atom stereocenters. The van der Waals surface area contributed by atoms with Crippen LogP contribution in [0.4, 0.5) is 0 Å². The van der Waals surface area contributed by atoms with Gasteiger partial charge in [-0.3, -0.25) is 0 Å². The van der Waals surface area contributed by atoms with Crippen molar-refractivity contribution in [3.63, 3.8) is 0 Å². The molecule has 278 valence electrons. The summed E-state index contributed by atoms with van der Waals surface area (Å²) in [4.78, 5) is 10.4. The fourth-order valence-corrected chi connectivity index (χ4v) is 9.23. The van der Waals surface area contributed by atoms with Crippen molar-refractivity contribution in [2.24, 2.45) is 0 Å². The monoisotopic (exact) mass is 752 g/mol. The van der Waals surface area contributed by atoms with Crippen molar-refractivity contribution in [3.05, 3.63) is 217 Å². The second kappa shape index (κ2) is 13.9. The minimum absolute atomic E-state index is 0.0746. The molecule has 1 aliphatic rings. The summed E-state index contributed by atoms with van der Waals surface area (Å²) >= 11 is 0. The third-order valence-corrected chi connectivity index (χ3v) is 12.3. The molecule has 0 saturated heterocycles. The summed E-state index contributed by atoms with van der Waals surface area (Å²) in [7, 11) is 0. The number of hydrogen-bond donors (Lipinski definition) is 0. The van der Waals surface area contributed by atoms with Crippen LogP contribution in [0.5, 0.6) is 0 Å². The van der Waals surface area contributed by atoms with Crippen molar-refractivity contribution < 1.29 is 0 Å². The summed E-state index contributed by atoms with van der Waals surface area (Å²) < 4.78 is 0. The van der Waals surface area contributed by atoms with E-state index in [-0.39, 0.29) is 5.41 Å². The van der Waals surface area contributed by atoms with Gasteiger partial charge in [-0.25, -0.2) is 9.97 Å². The van der Waals surface area contributed by atoms with Gasteiger partial charge >= 0.3 is 0 Å². The highest BCUT2D eigenvalue weighted by atomic mass is 14.9. The summed E-state index contributed by atoms with van der Waals surface area (Å²) in [6.07, 6.45) is 0. The number of benzene rings is 9. The molecule has 0 fully saturated rings. The molecule has 1 heterocycles. The molecule has 0 saturated carbocycles. The quantitative estimate of drug-likeness (QED) is 0.169. The Hall–Kier alpha value is -7.42. The van der Waals surface area contributed by atoms with E-state index in [0.29, 0.717) is 5.82 Å². The van der Waals surface area contributed by atoms with Gasteiger partial charge in [0.15, 0.2) is 5.82 Å². The van der Waals surface area contributed by atoms with Gasteiger partial charge in [-0.05, 0) is 89.3 Å². The zero-order valence-electron chi connectivity index (χ0n) is 33.0. The Balaban J connectivity index is 1.00. The second-order valence-corrected chi connectivity index (χ2v) is 16.1. The Labute approximate surface area is 345 Å². The van der Waals surface area contributed by atoms with Crippen molar-refractivity contribution in [3.8, 4) is 78.4 Å². The van der Waals surface area contributed by atoms with Gasteiger partial charge in [-0.2, -0.15) is 0 Å². The van der Waals surface area contributed by atoms with E-state index in [2.05, 4.69) is 202 Å². The molecular formula is C57H40N2. The second-order valence-electron chi connectivity index (χ2n) is 16.1. The van der Waals surface area contributed by atoms with E-state index >= 15 is 0 Å². The maximum atomic E-state index is 5.26. The predicted octanol–water partition coefficient (Wildman–Crippen LogP) is 15.1. The molecule has 0 spiro atoms. The number of rotatable bonds is 6. The first-order chi connectivity index (χ1) is 29.0. The predicted molar refractivity (Wildman–Crippen MR) is 247 cm³/mol. The highest BCUT2D eigenvalue weighted by molar-refractivity contribution is 6.07. The third-order valence-electron chi connectivity index (χ3n) is 12.3. The molecule has 0 bridgehead atoms. The lowest BCUT2D eigenvalue weighted by Gasteiger charge is -2.22. The number of hydrogen-bond acceptors (Lipinski definition) is 2. The normalized spacial score (nSPS) is 12.7. The van der Waals surface area contributed by atoms with Crippen LogP contribution in [-0.4, -0.2) is 9.97 Å². The van der Waals surface area contributed by atoms with Crippen LogP contribution >= 0.6 is 0 Å². The minimum Gasteiger partial charge on any atom is -0.228 e. The molecule has 0 aliphatic heterocycles. The topological polar surface area (TPSA) is 25.8 Å². The number of nitrogens with zero attached hydrogens (tertiary/aromatic N) is 2. The van der Waals surface area contributed by atoms with Gasteiger partial charge in [0.05, 0.1) is 11.4 Å². The Bertz CT molecular complexity index is 3200. The van der Waals surface area contributed by atoms with Gasteiger partial charge in [0.25, 0.3) is 0 Å². The van der Waals surface area contributed by atoms with E-state index in [1.165, 1.54) is 71.8 Å². The zero-order valence-corrected chi connectivity index (χ0v) is 33.0. The van der Waals surface area contributed by atoms with Gasteiger partial charge in [0, 0.05) is 22.1 Å². The van der Waals surface area contributed by atoms with Crippen molar-refractivity contribution in [2.75, 3.05) is 0 Å². The summed E-state index contributed by atoms with van der Waals surface area (Å²) in [6.45, 7) is 4.71. The van der Waals surface area contributed by atoms with E-state index in [9.17, 15) is 0 Å². The molecule has 59 heavy (non-hydrogen) atoms. The van der Waals surface area contributed by atoms with Gasteiger partial charge in [0.2, 0.25) is 0 Å². The molecule has 10 aromatic rings. The summed E-state index contributed by atoms with van der Waals surface area (Å²) in [6, 6.07) is 74.3. The molecule has 0 atom stereocenters. The molecular weight excluding hydrogens is 713 g/mol. The van der Waals surface area contributed by atoms with Crippen LogP contribution in [0.1, 0.15) is 25.0 Å². The summed E-state index contributed by atoms with van der Waals surface area (Å²) in [5, 5.41) is 4.95. The molecule has 2 heteroatoms. The molecule has 1 aliphatic carbocycles. The van der Waals surface area contributed by atoms with Crippen molar-refractivity contribution in [1.82, 2.24) is 9.97 Å². The van der Waals surface area contributed by atoms with E-state index < -0.39 is 0 Å². The van der Waals surface area contributed by atoms with E-state index in [4.69, 9.17) is 9.97 Å². The molecule has 2 nitrogen and oxygen atoms in total. The SMILES string of the molecule is CC1(C)c2ccc(-c3ccc(-c4cc(-c5ccc(-c6ccc(-c7ccccc7)cc6)cc5)nc(-c5ccccc5)n4)c4ccccc34)cc2-c2c1ccc1ccccc21.